The molecule has 0 radical (unpaired) electrons. The second kappa shape index (κ2) is 6.67. The molecular formula is C16H17N7OS. The van der Waals surface area contributed by atoms with Gasteiger partial charge >= 0.3 is 0 Å². The van der Waals surface area contributed by atoms with E-state index in [9.17, 15) is 4.79 Å². The first-order chi connectivity index (χ1) is 12.2. The second-order valence-electron chi connectivity index (χ2n) is 5.91. The zero-order chi connectivity index (χ0) is 17.2. The van der Waals surface area contributed by atoms with E-state index in [1.807, 2.05) is 0 Å². The highest BCUT2D eigenvalue weighted by Gasteiger charge is 2.30. The van der Waals surface area contributed by atoms with E-state index in [0.29, 0.717) is 22.5 Å². The maximum atomic E-state index is 12.4. The number of aromatic amines is 1. The molecule has 4 rings (SSSR count). The molecule has 8 nitrogen and oxygen atoms in total. The number of hydrogen-bond acceptors (Lipinski definition) is 7. The van der Waals surface area contributed by atoms with E-state index in [0.717, 1.165) is 24.4 Å². The van der Waals surface area contributed by atoms with Crippen LogP contribution in [0.1, 0.15) is 29.6 Å². The van der Waals surface area contributed by atoms with E-state index in [-0.39, 0.29) is 17.2 Å². The van der Waals surface area contributed by atoms with Gasteiger partial charge in [-0.2, -0.15) is 0 Å². The van der Waals surface area contributed by atoms with Gasteiger partial charge in [-0.15, -0.1) is 0 Å². The van der Waals surface area contributed by atoms with Crippen LogP contribution in [0.3, 0.4) is 0 Å². The molecule has 1 amide bonds. The molecule has 1 aliphatic rings. The van der Waals surface area contributed by atoms with Gasteiger partial charge in [0.1, 0.15) is 11.8 Å². The summed E-state index contributed by atoms with van der Waals surface area (Å²) in [6, 6.07) is 3.62. The molecule has 9 heteroatoms. The lowest BCUT2D eigenvalue weighted by Gasteiger charge is -2.19. The Hall–Kier alpha value is -2.68. The summed E-state index contributed by atoms with van der Waals surface area (Å²) < 4.78 is 0. The first kappa shape index (κ1) is 15.8. The fraction of sp³-hybridized carbons (Fsp3) is 0.312. The van der Waals surface area contributed by atoms with Crippen LogP contribution in [0.15, 0.2) is 36.0 Å². The summed E-state index contributed by atoms with van der Waals surface area (Å²) in [6.45, 7) is 0. The summed E-state index contributed by atoms with van der Waals surface area (Å²) in [6.07, 6.45) is 7.66. The maximum Gasteiger partial charge on any atom is 0.253 e. The number of amides is 1. The van der Waals surface area contributed by atoms with Gasteiger partial charge < -0.3 is 16.0 Å². The van der Waals surface area contributed by atoms with Crippen LogP contribution in [0.2, 0.25) is 0 Å². The molecule has 25 heavy (non-hydrogen) atoms. The fourth-order valence-electron chi connectivity index (χ4n) is 3.01. The minimum absolute atomic E-state index is 0.0920. The zero-order valence-corrected chi connectivity index (χ0v) is 14.2. The molecule has 2 atom stereocenters. The van der Waals surface area contributed by atoms with Gasteiger partial charge in [0, 0.05) is 23.7 Å². The molecule has 0 bridgehead atoms. The molecule has 128 valence electrons. The van der Waals surface area contributed by atoms with Gasteiger partial charge in [-0.25, -0.2) is 15.0 Å². The predicted molar refractivity (Wildman–Crippen MR) is 95.1 cm³/mol. The van der Waals surface area contributed by atoms with Gasteiger partial charge in [0.2, 0.25) is 0 Å². The molecule has 4 N–H and O–H groups in total. The van der Waals surface area contributed by atoms with Crippen LogP contribution in [0.25, 0.3) is 11.2 Å². The Morgan fingerprint density at radius 3 is 3.08 bits per heavy atom. The van der Waals surface area contributed by atoms with Crippen molar-refractivity contribution in [2.45, 2.75) is 35.7 Å². The van der Waals surface area contributed by atoms with Crippen molar-refractivity contribution in [1.29, 1.82) is 0 Å². The molecule has 3 aromatic rings. The Balaban J connectivity index is 1.47. The molecule has 0 saturated heterocycles. The molecule has 3 heterocycles. The van der Waals surface area contributed by atoms with Gasteiger partial charge in [0.05, 0.1) is 5.56 Å². The summed E-state index contributed by atoms with van der Waals surface area (Å²) in [7, 11) is 0. The van der Waals surface area contributed by atoms with Gasteiger partial charge in [-0.05, 0) is 25.0 Å². The average Bonchev–Trinajstić information content (AvgIpc) is 3.23. The summed E-state index contributed by atoms with van der Waals surface area (Å²) in [5.74, 6) is 0.294. The van der Waals surface area contributed by atoms with Crippen molar-refractivity contribution < 1.29 is 4.79 Å². The van der Waals surface area contributed by atoms with E-state index in [1.54, 1.807) is 36.3 Å². The number of carbonyl (C=O) groups excluding carboxylic acids is 1. The number of nitrogens with one attached hydrogen (secondary N) is 2. The van der Waals surface area contributed by atoms with E-state index in [4.69, 9.17) is 5.73 Å². The van der Waals surface area contributed by atoms with Gasteiger partial charge in [0.25, 0.3) is 5.91 Å². The average molecular weight is 355 g/mol. The maximum absolute atomic E-state index is 12.4. The lowest BCUT2D eigenvalue weighted by Crippen LogP contribution is -2.38. The number of thioether (sulfide) groups is 1. The highest BCUT2D eigenvalue weighted by atomic mass is 32.2. The number of aromatic nitrogens is 5. The summed E-state index contributed by atoms with van der Waals surface area (Å²) in [4.78, 5) is 32.1. The number of pyridine rings is 1. The molecule has 0 aliphatic heterocycles. The zero-order valence-electron chi connectivity index (χ0n) is 13.3. The summed E-state index contributed by atoms with van der Waals surface area (Å²) in [5, 5.41) is 4.11. The number of imidazole rings is 1. The first-order valence-electron chi connectivity index (χ1n) is 8.04. The second-order valence-corrected chi connectivity index (χ2v) is 7.14. The van der Waals surface area contributed by atoms with Crippen LogP contribution in [0.5, 0.6) is 0 Å². The van der Waals surface area contributed by atoms with Crippen LogP contribution >= 0.6 is 11.8 Å². The molecular weight excluding hydrogens is 338 g/mol. The first-order valence-corrected chi connectivity index (χ1v) is 8.92. The molecule has 0 aromatic carbocycles. The number of fused-ring (bicyclic) bond motifs is 1. The molecule has 1 saturated carbocycles. The van der Waals surface area contributed by atoms with Crippen molar-refractivity contribution >= 4 is 34.7 Å². The number of nitrogens with two attached hydrogens (primary N) is 1. The summed E-state index contributed by atoms with van der Waals surface area (Å²) in [5.41, 5.74) is 7.63. The number of nitrogens with zero attached hydrogens (tertiary/aromatic N) is 4. The highest BCUT2D eigenvalue weighted by molar-refractivity contribution is 7.99. The number of rotatable bonds is 4. The number of H-pyrrole nitrogens is 1. The van der Waals surface area contributed by atoms with Crippen molar-refractivity contribution in [2.75, 3.05) is 5.73 Å². The molecule has 3 aromatic heterocycles. The van der Waals surface area contributed by atoms with E-state index in [1.165, 1.54) is 6.33 Å². The van der Waals surface area contributed by atoms with Crippen molar-refractivity contribution in [3.8, 4) is 0 Å². The molecule has 1 fully saturated rings. The normalized spacial score (nSPS) is 20.0. The van der Waals surface area contributed by atoms with E-state index < -0.39 is 0 Å². The van der Waals surface area contributed by atoms with Gasteiger partial charge in [0.15, 0.2) is 16.6 Å². The van der Waals surface area contributed by atoms with Crippen molar-refractivity contribution in [1.82, 2.24) is 30.2 Å². The third-order valence-electron chi connectivity index (χ3n) is 4.25. The van der Waals surface area contributed by atoms with Gasteiger partial charge in [-0.3, -0.25) is 9.78 Å². The van der Waals surface area contributed by atoms with Crippen molar-refractivity contribution in [3.05, 3.63) is 36.4 Å². The number of anilines is 1. The van der Waals surface area contributed by atoms with Crippen LogP contribution < -0.4 is 11.1 Å². The van der Waals surface area contributed by atoms with Crippen molar-refractivity contribution in [3.63, 3.8) is 0 Å². The van der Waals surface area contributed by atoms with Crippen LogP contribution in [-0.2, 0) is 0 Å². The molecule has 0 spiro atoms. The molecule has 2 unspecified atom stereocenters. The predicted octanol–water partition coefficient (Wildman–Crippen LogP) is 1.77. The third kappa shape index (κ3) is 3.27. The highest BCUT2D eigenvalue weighted by Crippen LogP contribution is 2.34. The minimum Gasteiger partial charge on any atom is -0.382 e. The fourth-order valence-corrected chi connectivity index (χ4v) is 4.25. The smallest absolute Gasteiger partial charge is 0.253 e. The monoisotopic (exact) mass is 355 g/mol. The minimum atomic E-state index is -0.0923. The lowest BCUT2D eigenvalue weighted by atomic mass is 10.2. The van der Waals surface area contributed by atoms with E-state index >= 15 is 0 Å². The van der Waals surface area contributed by atoms with Crippen LogP contribution in [0, 0.1) is 0 Å². The molecule has 1 aliphatic carbocycles. The Kier molecular flexibility index (Phi) is 4.22. The third-order valence-corrected chi connectivity index (χ3v) is 5.54. The Morgan fingerprint density at radius 2 is 2.28 bits per heavy atom. The number of hydrogen-bond donors (Lipinski definition) is 3. The van der Waals surface area contributed by atoms with Crippen LogP contribution in [-0.4, -0.2) is 42.1 Å². The Bertz CT molecular complexity index is 898. The summed E-state index contributed by atoms with van der Waals surface area (Å²) >= 11 is 1.61. The Labute approximate surface area is 148 Å². The largest absolute Gasteiger partial charge is 0.382 e. The number of nitrogen functional groups attached to an aromatic ring is 1. The Morgan fingerprint density at radius 1 is 1.36 bits per heavy atom. The van der Waals surface area contributed by atoms with Crippen LogP contribution in [0.4, 0.5) is 5.82 Å². The van der Waals surface area contributed by atoms with Gasteiger partial charge in [-0.1, -0.05) is 18.2 Å². The lowest BCUT2D eigenvalue weighted by molar-refractivity contribution is 0.0938. The standard InChI is InChI=1S/C16H17N7OS/c17-13-12-14(20-8-19-13)23-16(22-12)25-11-5-1-4-10(11)21-15(24)9-3-2-6-18-7-9/h2-3,6-8,10-11H,1,4-5H2,(H,21,24)(H3,17,19,20,22,23). The quantitative estimate of drug-likeness (QED) is 0.652. The topological polar surface area (TPSA) is 122 Å². The van der Waals surface area contributed by atoms with Crippen molar-refractivity contribution in [2.24, 2.45) is 0 Å². The van der Waals surface area contributed by atoms with E-state index in [2.05, 4.69) is 30.2 Å². The number of carbonyl (C=O) groups is 1. The SMILES string of the molecule is Nc1ncnc2nc(SC3CCCC3NC(=O)c3cccnc3)[nH]c12.